The van der Waals surface area contributed by atoms with Gasteiger partial charge in [-0.05, 0) is 75.5 Å². The predicted molar refractivity (Wildman–Crippen MR) is 106 cm³/mol. The van der Waals surface area contributed by atoms with Gasteiger partial charge in [0.25, 0.3) is 0 Å². The van der Waals surface area contributed by atoms with Crippen molar-refractivity contribution in [2.45, 2.75) is 118 Å². The van der Waals surface area contributed by atoms with Crippen molar-refractivity contribution >= 4 is 0 Å². The first-order valence-electron chi connectivity index (χ1n) is 11.0. The van der Waals surface area contributed by atoms with Crippen molar-refractivity contribution in [2.75, 3.05) is 0 Å². The Balaban J connectivity index is 2.37. The molecule has 0 bridgehead atoms. The van der Waals surface area contributed by atoms with E-state index in [-0.39, 0.29) is 0 Å². The first kappa shape index (κ1) is 22.0. The van der Waals surface area contributed by atoms with E-state index in [1.807, 2.05) is 0 Å². The molecule has 0 nitrogen and oxygen atoms in total. The molecule has 0 N–H and O–H groups in total. The van der Waals surface area contributed by atoms with Crippen LogP contribution >= 0.6 is 0 Å². The van der Waals surface area contributed by atoms with E-state index in [1.54, 1.807) is 13.8 Å². The summed E-state index contributed by atoms with van der Waals surface area (Å²) in [5, 5.41) is 0. The third-order valence-corrected chi connectivity index (χ3v) is 6.69. The number of rotatable bonds is 13. The fraction of sp³-hybridized carbons (Fsp3) is 1.00. The van der Waals surface area contributed by atoms with Crippen LogP contribution in [0.25, 0.3) is 0 Å². The second-order valence-corrected chi connectivity index (χ2v) is 9.51. The first-order valence-corrected chi connectivity index (χ1v) is 11.0. The van der Waals surface area contributed by atoms with E-state index in [2.05, 4.69) is 27.7 Å². The van der Waals surface area contributed by atoms with E-state index < -0.39 is 5.67 Å². The summed E-state index contributed by atoms with van der Waals surface area (Å²) in [6, 6.07) is 0. The van der Waals surface area contributed by atoms with E-state index in [1.165, 1.54) is 57.8 Å². The Labute approximate surface area is 152 Å². The fourth-order valence-corrected chi connectivity index (χ4v) is 4.77. The summed E-state index contributed by atoms with van der Waals surface area (Å²) in [6.07, 6.45) is 14.3. The van der Waals surface area contributed by atoms with Crippen molar-refractivity contribution in [3.63, 3.8) is 0 Å². The average Bonchev–Trinajstić information content (AvgIpc) is 2.47. The van der Waals surface area contributed by atoms with Gasteiger partial charge in [-0.2, -0.15) is 0 Å². The lowest BCUT2D eigenvalue weighted by molar-refractivity contribution is 0.0595. The van der Waals surface area contributed by atoms with E-state index in [4.69, 9.17) is 0 Å². The van der Waals surface area contributed by atoms with E-state index >= 15 is 0 Å². The van der Waals surface area contributed by atoms with Gasteiger partial charge in [-0.15, -0.1) is 0 Å². The monoisotopic (exact) mass is 340 g/mol. The van der Waals surface area contributed by atoms with Gasteiger partial charge in [0.1, 0.15) is 5.67 Å². The Morgan fingerprint density at radius 3 is 2.17 bits per heavy atom. The van der Waals surface area contributed by atoms with Crippen LogP contribution in [-0.4, -0.2) is 5.67 Å². The Hall–Kier alpha value is -0.0700. The molecule has 1 aliphatic carbocycles. The second kappa shape index (κ2) is 10.8. The standard InChI is InChI=1S/C23H45F/c1-7-9-12-20-14-15-22(20)21(18(3)4)13-10-11-19(8-2)16-17-23(5,6)24/h18-22H,7-17H2,1-6H3. The largest absolute Gasteiger partial charge is 0.245 e. The quantitative estimate of drug-likeness (QED) is 0.317. The fourth-order valence-electron chi connectivity index (χ4n) is 4.77. The van der Waals surface area contributed by atoms with Gasteiger partial charge in [0.2, 0.25) is 0 Å². The molecule has 0 spiro atoms. The van der Waals surface area contributed by atoms with Gasteiger partial charge in [-0.25, -0.2) is 4.39 Å². The number of alkyl halides is 1. The molecule has 1 heteroatoms. The highest BCUT2D eigenvalue weighted by atomic mass is 19.1. The van der Waals surface area contributed by atoms with Crippen LogP contribution in [0.1, 0.15) is 112 Å². The van der Waals surface area contributed by atoms with Crippen LogP contribution in [0, 0.1) is 29.6 Å². The van der Waals surface area contributed by atoms with Gasteiger partial charge in [0.05, 0.1) is 0 Å². The minimum Gasteiger partial charge on any atom is -0.245 e. The van der Waals surface area contributed by atoms with Crippen molar-refractivity contribution in [3.05, 3.63) is 0 Å². The molecule has 1 aliphatic rings. The summed E-state index contributed by atoms with van der Waals surface area (Å²) < 4.78 is 13.7. The summed E-state index contributed by atoms with van der Waals surface area (Å²) >= 11 is 0. The first-order chi connectivity index (χ1) is 11.3. The number of hydrogen-bond acceptors (Lipinski definition) is 0. The topological polar surface area (TPSA) is 0 Å². The van der Waals surface area contributed by atoms with Crippen LogP contribution < -0.4 is 0 Å². The molecule has 0 aromatic heterocycles. The minimum atomic E-state index is -0.994. The average molecular weight is 341 g/mol. The third-order valence-electron chi connectivity index (χ3n) is 6.69. The lowest BCUT2D eigenvalue weighted by atomic mass is 9.61. The molecule has 0 saturated heterocycles. The van der Waals surface area contributed by atoms with Crippen LogP contribution in [-0.2, 0) is 0 Å². The molecule has 0 aromatic carbocycles. The van der Waals surface area contributed by atoms with Crippen LogP contribution in [0.5, 0.6) is 0 Å². The smallest absolute Gasteiger partial charge is 0.105 e. The van der Waals surface area contributed by atoms with Crippen molar-refractivity contribution in [3.8, 4) is 0 Å². The van der Waals surface area contributed by atoms with Crippen molar-refractivity contribution in [2.24, 2.45) is 29.6 Å². The molecular formula is C23H45F. The molecule has 1 saturated carbocycles. The van der Waals surface area contributed by atoms with Gasteiger partial charge >= 0.3 is 0 Å². The predicted octanol–water partition coefficient (Wildman–Crippen LogP) is 8.20. The lowest BCUT2D eigenvalue weighted by Crippen LogP contribution is -2.35. The summed E-state index contributed by atoms with van der Waals surface area (Å²) in [4.78, 5) is 0. The number of halogens is 1. The van der Waals surface area contributed by atoms with Crippen LogP contribution in [0.4, 0.5) is 4.39 Å². The Bertz CT molecular complexity index is 314. The molecule has 0 heterocycles. The number of hydrogen-bond donors (Lipinski definition) is 0. The highest BCUT2D eigenvalue weighted by molar-refractivity contribution is 4.87. The van der Waals surface area contributed by atoms with Crippen molar-refractivity contribution < 1.29 is 4.39 Å². The molecule has 144 valence electrons. The normalized spacial score (nSPS) is 24.0. The van der Waals surface area contributed by atoms with Crippen LogP contribution in [0.3, 0.4) is 0 Å². The molecule has 0 radical (unpaired) electrons. The molecule has 0 aromatic rings. The van der Waals surface area contributed by atoms with Gasteiger partial charge in [0, 0.05) is 0 Å². The Morgan fingerprint density at radius 2 is 1.71 bits per heavy atom. The maximum Gasteiger partial charge on any atom is 0.105 e. The van der Waals surface area contributed by atoms with Gasteiger partial charge < -0.3 is 0 Å². The zero-order chi connectivity index (χ0) is 18.2. The molecule has 24 heavy (non-hydrogen) atoms. The van der Waals surface area contributed by atoms with Crippen LogP contribution in [0.2, 0.25) is 0 Å². The molecule has 1 rings (SSSR count). The summed E-state index contributed by atoms with van der Waals surface area (Å²) in [5.74, 6) is 4.50. The van der Waals surface area contributed by atoms with Crippen LogP contribution in [0.15, 0.2) is 0 Å². The van der Waals surface area contributed by atoms with Gasteiger partial charge in [-0.3, -0.25) is 0 Å². The number of unbranched alkanes of at least 4 members (excludes halogenated alkanes) is 1. The van der Waals surface area contributed by atoms with E-state index in [0.717, 1.165) is 42.4 Å². The molecule has 4 atom stereocenters. The van der Waals surface area contributed by atoms with Gasteiger partial charge in [0.15, 0.2) is 0 Å². The Kier molecular flexibility index (Phi) is 9.90. The second-order valence-electron chi connectivity index (χ2n) is 9.51. The Morgan fingerprint density at radius 1 is 1.00 bits per heavy atom. The molecule has 4 unspecified atom stereocenters. The van der Waals surface area contributed by atoms with Crippen molar-refractivity contribution in [1.82, 2.24) is 0 Å². The van der Waals surface area contributed by atoms with Gasteiger partial charge in [-0.1, -0.05) is 66.2 Å². The molecule has 0 amide bonds. The maximum absolute atomic E-state index is 13.7. The minimum absolute atomic E-state index is 0.723. The zero-order valence-electron chi connectivity index (χ0n) is 17.5. The molecular weight excluding hydrogens is 295 g/mol. The molecule has 1 fully saturated rings. The zero-order valence-corrected chi connectivity index (χ0v) is 17.5. The lowest BCUT2D eigenvalue weighted by Gasteiger charge is -2.44. The van der Waals surface area contributed by atoms with Crippen molar-refractivity contribution in [1.29, 1.82) is 0 Å². The SMILES string of the molecule is CCCCC1CCC1C(CCCC(CC)CCC(C)(C)F)C(C)C. The summed E-state index contributed by atoms with van der Waals surface area (Å²) in [7, 11) is 0. The molecule has 0 aliphatic heterocycles. The van der Waals surface area contributed by atoms with E-state index in [0.29, 0.717) is 0 Å². The summed E-state index contributed by atoms with van der Waals surface area (Å²) in [5.41, 5.74) is -0.994. The third kappa shape index (κ3) is 7.87. The maximum atomic E-state index is 13.7. The highest BCUT2D eigenvalue weighted by Gasteiger charge is 2.37. The highest BCUT2D eigenvalue weighted by Crippen LogP contribution is 2.47. The summed E-state index contributed by atoms with van der Waals surface area (Å²) in [6.45, 7) is 12.9. The van der Waals surface area contributed by atoms with E-state index in [9.17, 15) is 4.39 Å².